The summed E-state index contributed by atoms with van der Waals surface area (Å²) in [5, 5.41) is 11.3. The van der Waals surface area contributed by atoms with E-state index in [2.05, 4.69) is 52.8 Å². The number of aliphatic hydroxyl groups is 1. The summed E-state index contributed by atoms with van der Waals surface area (Å²) in [6.45, 7) is 11.2. The van der Waals surface area contributed by atoms with Crippen molar-refractivity contribution in [1.82, 2.24) is 0 Å². The second-order valence-electron chi connectivity index (χ2n) is 7.84. The zero-order valence-electron chi connectivity index (χ0n) is 14.5. The minimum Gasteiger partial charge on any atom is -0.389 e. The van der Waals surface area contributed by atoms with E-state index in [4.69, 9.17) is 0 Å². The third-order valence-corrected chi connectivity index (χ3v) is 6.03. The van der Waals surface area contributed by atoms with Gasteiger partial charge in [-0.2, -0.15) is 0 Å². The summed E-state index contributed by atoms with van der Waals surface area (Å²) in [6, 6.07) is 0. The van der Waals surface area contributed by atoms with Gasteiger partial charge >= 0.3 is 0 Å². The van der Waals surface area contributed by atoms with Crippen molar-refractivity contribution in [2.75, 3.05) is 0 Å². The maximum Gasteiger partial charge on any atom is 0.0772 e. The minimum atomic E-state index is -0.602. The Kier molecular flexibility index (Phi) is 4.82. The molecule has 2 aliphatic carbocycles. The van der Waals surface area contributed by atoms with Gasteiger partial charge in [-0.3, -0.25) is 0 Å². The fourth-order valence-corrected chi connectivity index (χ4v) is 4.03. The average Bonchev–Trinajstić information content (AvgIpc) is 2.40. The number of rotatable bonds is 0. The van der Waals surface area contributed by atoms with Gasteiger partial charge in [-0.05, 0) is 65.2 Å². The van der Waals surface area contributed by atoms with E-state index in [0.29, 0.717) is 5.92 Å². The minimum absolute atomic E-state index is 0.0674. The van der Waals surface area contributed by atoms with E-state index < -0.39 is 5.60 Å². The molecular weight excluding hydrogens is 256 g/mol. The predicted octanol–water partition coefficient (Wildman–Crippen LogP) is 5.57. The molecule has 0 aliphatic heterocycles. The summed E-state index contributed by atoms with van der Waals surface area (Å²) >= 11 is 0. The summed E-state index contributed by atoms with van der Waals surface area (Å²) in [6.07, 6.45) is 13.1. The highest BCUT2D eigenvalue weighted by atomic mass is 16.3. The van der Waals surface area contributed by atoms with Gasteiger partial charge in [0.05, 0.1) is 5.60 Å². The van der Waals surface area contributed by atoms with Crippen LogP contribution >= 0.6 is 0 Å². The molecule has 0 radical (unpaired) electrons. The topological polar surface area (TPSA) is 20.2 Å². The van der Waals surface area contributed by atoms with Crippen molar-refractivity contribution in [3.63, 3.8) is 0 Å². The molecule has 2 aliphatic rings. The fraction of sp³-hybridized carbons (Fsp3) is 0.700. The number of hydrogen-bond donors (Lipinski definition) is 1. The molecule has 0 unspecified atom stereocenters. The normalized spacial score (nSPS) is 39.0. The third kappa shape index (κ3) is 3.34. The van der Waals surface area contributed by atoms with Crippen molar-refractivity contribution in [3.8, 4) is 0 Å². The first-order valence-electron chi connectivity index (χ1n) is 8.46. The molecule has 0 heterocycles. The van der Waals surface area contributed by atoms with Crippen molar-refractivity contribution in [1.29, 1.82) is 0 Å². The van der Waals surface area contributed by atoms with E-state index in [1.54, 1.807) is 0 Å². The van der Waals surface area contributed by atoms with Crippen LogP contribution in [-0.4, -0.2) is 10.7 Å². The van der Waals surface area contributed by atoms with Crippen LogP contribution in [0.2, 0.25) is 0 Å². The van der Waals surface area contributed by atoms with E-state index in [0.717, 1.165) is 38.5 Å². The zero-order chi connectivity index (χ0) is 15.7. The molecule has 0 aromatic heterocycles. The summed E-state index contributed by atoms with van der Waals surface area (Å²) in [7, 11) is 0. The molecule has 0 amide bonds. The van der Waals surface area contributed by atoms with Crippen molar-refractivity contribution in [2.45, 2.75) is 78.7 Å². The van der Waals surface area contributed by atoms with E-state index in [1.165, 1.54) is 16.7 Å². The first-order valence-corrected chi connectivity index (χ1v) is 8.46. The standard InChI is InChI=1S/C20H32O/c1-15-7-6-8-16(2)11-13-20(21)14-12-17(3)18(10-9-15)19(20,4)5/h7,11-12,18,21H,6,8-10,13-14H2,1-5H3/b15-7+,16-11+/t18-,20+/m1/s1. The van der Waals surface area contributed by atoms with Crippen LogP contribution in [0.15, 0.2) is 34.9 Å². The summed E-state index contributed by atoms with van der Waals surface area (Å²) in [5.74, 6) is 0.479. The lowest BCUT2D eigenvalue weighted by Gasteiger charge is -2.51. The van der Waals surface area contributed by atoms with Crippen LogP contribution in [0.5, 0.6) is 0 Å². The van der Waals surface area contributed by atoms with E-state index >= 15 is 0 Å². The highest BCUT2D eigenvalue weighted by Gasteiger charge is 2.49. The van der Waals surface area contributed by atoms with Gasteiger partial charge in [0.25, 0.3) is 0 Å². The molecule has 2 bridgehead atoms. The molecule has 0 saturated heterocycles. The molecule has 2 rings (SSSR count). The van der Waals surface area contributed by atoms with E-state index in [9.17, 15) is 5.11 Å². The van der Waals surface area contributed by atoms with E-state index in [-0.39, 0.29) is 5.41 Å². The van der Waals surface area contributed by atoms with Gasteiger partial charge < -0.3 is 5.11 Å². The SMILES string of the molecule is CC1=CC[C@@]2(O)C/C=C(\C)CC/C=C(\C)CC[C@H]1C2(C)C. The number of fused-ring (bicyclic) bond motifs is 2. The monoisotopic (exact) mass is 288 g/mol. The molecule has 0 saturated carbocycles. The highest BCUT2D eigenvalue weighted by Crippen LogP contribution is 2.51. The lowest BCUT2D eigenvalue weighted by atomic mass is 9.57. The van der Waals surface area contributed by atoms with Gasteiger partial charge in [-0.1, -0.05) is 48.8 Å². The molecule has 1 heteroatoms. The van der Waals surface area contributed by atoms with Crippen LogP contribution in [0, 0.1) is 11.3 Å². The molecule has 0 spiro atoms. The molecular formula is C20H32O. The molecule has 118 valence electrons. The quantitative estimate of drug-likeness (QED) is 0.578. The maximum absolute atomic E-state index is 11.3. The van der Waals surface area contributed by atoms with Gasteiger partial charge in [0.15, 0.2) is 0 Å². The fourth-order valence-electron chi connectivity index (χ4n) is 4.03. The van der Waals surface area contributed by atoms with Gasteiger partial charge in [0, 0.05) is 5.41 Å². The molecule has 21 heavy (non-hydrogen) atoms. The first-order chi connectivity index (χ1) is 9.76. The van der Waals surface area contributed by atoms with E-state index in [1.807, 2.05) is 0 Å². The van der Waals surface area contributed by atoms with Gasteiger partial charge in [-0.25, -0.2) is 0 Å². The zero-order valence-corrected chi connectivity index (χ0v) is 14.5. The Labute approximate surface area is 130 Å². The molecule has 0 aromatic carbocycles. The van der Waals surface area contributed by atoms with Crippen molar-refractivity contribution in [2.24, 2.45) is 11.3 Å². The van der Waals surface area contributed by atoms with Crippen LogP contribution in [0.1, 0.15) is 73.1 Å². The first kappa shape index (κ1) is 16.5. The lowest BCUT2D eigenvalue weighted by Crippen LogP contribution is -2.51. The summed E-state index contributed by atoms with van der Waals surface area (Å²) < 4.78 is 0. The number of allylic oxidation sites excluding steroid dienone is 4. The Morgan fingerprint density at radius 2 is 1.57 bits per heavy atom. The van der Waals surface area contributed by atoms with Crippen molar-refractivity contribution >= 4 is 0 Å². The smallest absolute Gasteiger partial charge is 0.0772 e. The van der Waals surface area contributed by atoms with Crippen molar-refractivity contribution in [3.05, 3.63) is 34.9 Å². The highest BCUT2D eigenvalue weighted by molar-refractivity contribution is 5.22. The Morgan fingerprint density at radius 3 is 2.29 bits per heavy atom. The molecule has 1 N–H and O–H groups in total. The Morgan fingerprint density at radius 1 is 0.952 bits per heavy atom. The Hall–Kier alpha value is -0.820. The Balaban J connectivity index is 2.39. The predicted molar refractivity (Wildman–Crippen MR) is 91.2 cm³/mol. The number of hydrogen-bond acceptors (Lipinski definition) is 1. The second-order valence-corrected chi connectivity index (χ2v) is 7.84. The maximum atomic E-state index is 11.3. The molecule has 1 nitrogen and oxygen atoms in total. The van der Waals surface area contributed by atoms with Crippen molar-refractivity contribution < 1.29 is 5.11 Å². The average molecular weight is 288 g/mol. The van der Waals surface area contributed by atoms with Crippen LogP contribution in [0.3, 0.4) is 0 Å². The molecule has 0 aromatic rings. The Bertz CT molecular complexity index is 478. The van der Waals surface area contributed by atoms with Gasteiger partial charge in [0.1, 0.15) is 0 Å². The summed E-state index contributed by atoms with van der Waals surface area (Å²) in [5.41, 5.74) is 3.71. The third-order valence-electron chi connectivity index (χ3n) is 6.03. The van der Waals surface area contributed by atoms with Crippen LogP contribution in [0.4, 0.5) is 0 Å². The summed E-state index contributed by atoms with van der Waals surface area (Å²) in [4.78, 5) is 0. The largest absolute Gasteiger partial charge is 0.389 e. The molecule has 2 atom stereocenters. The van der Waals surface area contributed by atoms with Crippen LogP contribution in [0.25, 0.3) is 0 Å². The lowest BCUT2D eigenvalue weighted by molar-refractivity contribution is -0.0942. The van der Waals surface area contributed by atoms with Crippen LogP contribution in [-0.2, 0) is 0 Å². The molecule has 0 fully saturated rings. The van der Waals surface area contributed by atoms with Gasteiger partial charge in [-0.15, -0.1) is 0 Å². The second kappa shape index (κ2) is 6.12. The van der Waals surface area contributed by atoms with Crippen LogP contribution < -0.4 is 0 Å². The van der Waals surface area contributed by atoms with Gasteiger partial charge in [0.2, 0.25) is 0 Å².